The number of benzene rings is 2. The molecule has 2 aromatic carbocycles. The Morgan fingerprint density at radius 3 is 2.76 bits per heavy atom. The van der Waals surface area contributed by atoms with Crippen molar-refractivity contribution >= 4 is 16.8 Å². The van der Waals surface area contributed by atoms with Gasteiger partial charge in [0, 0.05) is 24.1 Å². The Morgan fingerprint density at radius 2 is 1.90 bits per heavy atom. The third-order valence-corrected chi connectivity index (χ3v) is 5.17. The molecule has 0 radical (unpaired) electrons. The SMILES string of the molecule is O=C(NCC#Cc1ccccc1)c1ccc2c(=O)n3c(nc2c1)CCCCCC3. The van der Waals surface area contributed by atoms with Crippen LogP contribution in [0.25, 0.3) is 10.9 Å². The van der Waals surface area contributed by atoms with Crippen molar-refractivity contribution in [1.82, 2.24) is 14.9 Å². The summed E-state index contributed by atoms with van der Waals surface area (Å²) in [6.45, 7) is 0.978. The average molecular weight is 385 g/mol. The maximum atomic E-state index is 12.9. The number of hydrogen-bond donors (Lipinski definition) is 1. The van der Waals surface area contributed by atoms with E-state index in [0.717, 1.165) is 43.6 Å². The van der Waals surface area contributed by atoms with Crippen LogP contribution in [-0.4, -0.2) is 22.0 Å². The molecule has 4 rings (SSSR count). The molecule has 0 unspecified atom stereocenters. The Morgan fingerprint density at radius 1 is 1.07 bits per heavy atom. The van der Waals surface area contributed by atoms with Crippen LogP contribution >= 0.6 is 0 Å². The van der Waals surface area contributed by atoms with E-state index in [1.54, 1.807) is 22.8 Å². The van der Waals surface area contributed by atoms with Crippen molar-refractivity contribution < 1.29 is 4.79 Å². The minimum absolute atomic E-state index is 0.00686. The number of rotatable bonds is 2. The topological polar surface area (TPSA) is 64.0 Å². The van der Waals surface area contributed by atoms with E-state index in [1.807, 2.05) is 30.3 Å². The van der Waals surface area contributed by atoms with E-state index in [0.29, 0.717) is 16.5 Å². The Labute approximate surface area is 169 Å². The van der Waals surface area contributed by atoms with Gasteiger partial charge in [0.15, 0.2) is 0 Å². The normalized spacial score (nSPS) is 13.5. The number of nitrogens with one attached hydrogen (secondary N) is 1. The standard InChI is InChI=1S/C24H23N3O2/c28-23(25-15-8-11-18-9-4-3-5-10-18)19-13-14-20-21(17-19)26-22-12-6-1-2-7-16-27(22)24(20)29/h3-5,9-10,13-14,17H,1-2,6-7,12,15-16H2,(H,25,28). The molecule has 0 saturated heterocycles. The third-order valence-electron chi connectivity index (χ3n) is 5.17. The summed E-state index contributed by atoms with van der Waals surface area (Å²) in [5, 5.41) is 3.37. The van der Waals surface area contributed by atoms with Crippen molar-refractivity contribution in [2.45, 2.75) is 38.6 Å². The molecule has 146 valence electrons. The van der Waals surface area contributed by atoms with Gasteiger partial charge in [0.1, 0.15) is 5.82 Å². The van der Waals surface area contributed by atoms with Crippen LogP contribution in [-0.2, 0) is 13.0 Å². The number of nitrogens with zero attached hydrogens (tertiary/aromatic N) is 2. The number of carbonyl (C=O) groups excluding carboxylic acids is 1. The first-order valence-corrected chi connectivity index (χ1v) is 10.1. The Kier molecular flexibility index (Phi) is 5.71. The first-order chi connectivity index (χ1) is 14.2. The lowest BCUT2D eigenvalue weighted by Gasteiger charge is -2.16. The molecule has 1 aromatic heterocycles. The number of aromatic nitrogens is 2. The Balaban J connectivity index is 1.53. The van der Waals surface area contributed by atoms with Crippen molar-refractivity contribution in [3.8, 4) is 11.8 Å². The van der Waals surface area contributed by atoms with Gasteiger partial charge in [-0.1, -0.05) is 42.9 Å². The van der Waals surface area contributed by atoms with Crippen LogP contribution in [0.15, 0.2) is 53.3 Å². The minimum atomic E-state index is -0.220. The van der Waals surface area contributed by atoms with Crippen LogP contribution in [0.1, 0.15) is 47.4 Å². The van der Waals surface area contributed by atoms with Crippen molar-refractivity contribution in [1.29, 1.82) is 0 Å². The molecule has 0 fully saturated rings. The molecular formula is C24H23N3O2. The first kappa shape index (κ1) is 18.9. The molecule has 3 aromatic rings. The summed E-state index contributed by atoms with van der Waals surface area (Å²) >= 11 is 0. The fraction of sp³-hybridized carbons (Fsp3) is 0.292. The van der Waals surface area contributed by atoms with Gasteiger partial charge in [-0.3, -0.25) is 14.2 Å². The van der Waals surface area contributed by atoms with E-state index in [9.17, 15) is 9.59 Å². The summed E-state index contributed by atoms with van der Waals surface area (Å²) < 4.78 is 1.81. The van der Waals surface area contributed by atoms with E-state index in [-0.39, 0.29) is 18.0 Å². The Hall–Kier alpha value is -3.39. The van der Waals surface area contributed by atoms with Gasteiger partial charge < -0.3 is 5.32 Å². The fourth-order valence-electron chi connectivity index (χ4n) is 3.63. The summed E-state index contributed by atoms with van der Waals surface area (Å²) in [6.07, 6.45) is 5.16. The van der Waals surface area contributed by atoms with Crippen molar-refractivity contribution in [3.05, 3.63) is 75.8 Å². The zero-order valence-electron chi connectivity index (χ0n) is 16.3. The molecule has 0 aliphatic carbocycles. The highest BCUT2D eigenvalue weighted by atomic mass is 16.1. The van der Waals surface area contributed by atoms with E-state index in [4.69, 9.17) is 4.98 Å². The largest absolute Gasteiger partial charge is 0.341 e. The lowest BCUT2D eigenvalue weighted by Crippen LogP contribution is -2.27. The summed E-state index contributed by atoms with van der Waals surface area (Å²) in [7, 11) is 0. The predicted octanol–water partition coefficient (Wildman–Crippen LogP) is 3.29. The maximum Gasteiger partial charge on any atom is 0.261 e. The van der Waals surface area contributed by atoms with Crippen molar-refractivity contribution in [3.63, 3.8) is 0 Å². The quantitative estimate of drug-likeness (QED) is 0.689. The first-order valence-electron chi connectivity index (χ1n) is 10.1. The van der Waals surface area contributed by atoms with Gasteiger partial charge in [-0.25, -0.2) is 4.98 Å². The van der Waals surface area contributed by atoms with Gasteiger partial charge in [0.2, 0.25) is 0 Å². The van der Waals surface area contributed by atoms with Gasteiger partial charge >= 0.3 is 0 Å². The molecule has 2 heterocycles. The second-order valence-corrected chi connectivity index (χ2v) is 7.23. The highest BCUT2D eigenvalue weighted by Gasteiger charge is 2.14. The summed E-state index contributed by atoms with van der Waals surface area (Å²) in [5.41, 5.74) is 1.98. The van der Waals surface area contributed by atoms with Crippen molar-refractivity contribution in [2.24, 2.45) is 0 Å². The summed E-state index contributed by atoms with van der Waals surface area (Å²) in [6, 6.07) is 14.7. The lowest BCUT2D eigenvalue weighted by atomic mass is 10.1. The monoisotopic (exact) mass is 385 g/mol. The molecular weight excluding hydrogens is 362 g/mol. The minimum Gasteiger partial charge on any atom is -0.341 e. The summed E-state index contributed by atoms with van der Waals surface area (Å²) in [5.74, 6) is 6.57. The number of hydrogen-bond acceptors (Lipinski definition) is 3. The molecule has 0 saturated carbocycles. The molecule has 29 heavy (non-hydrogen) atoms. The van der Waals surface area contributed by atoms with E-state index in [2.05, 4.69) is 17.2 Å². The molecule has 1 N–H and O–H groups in total. The van der Waals surface area contributed by atoms with Crippen LogP contribution in [0.2, 0.25) is 0 Å². The van der Waals surface area contributed by atoms with Crippen LogP contribution in [0.4, 0.5) is 0 Å². The van der Waals surface area contributed by atoms with Gasteiger partial charge in [0.25, 0.3) is 11.5 Å². The Bertz CT molecular complexity index is 1150. The zero-order chi connectivity index (χ0) is 20.1. The molecule has 1 aliphatic heterocycles. The smallest absolute Gasteiger partial charge is 0.261 e. The third kappa shape index (κ3) is 4.38. The maximum absolute atomic E-state index is 12.9. The van der Waals surface area contributed by atoms with Crippen LogP contribution in [0, 0.1) is 11.8 Å². The second-order valence-electron chi connectivity index (χ2n) is 7.23. The summed E-state index contributed by atoms with van der Waals surface area (Å²) in [4.78, 5) is 30.1. The molecule has 0 spiro atoms. The van der Waals surface area contributed by atoms with Crippen LogP contribution < -0.4 is 10.9 Å². The van der Waals surface area contributed by atoms with E-state index >= 15 is 0 Å². The van der Waals surface area contributed by atoms with E-state index < -0.39 is 0 Å². The number of fused-ring (bicyclic) bond motifs is 2. The fourth-order valence-corrected chi connectivity index (χ4v) is 3.63. The molecule has 5 nitrogen and oxygen atoms in total. The van der Waals surface area contributed by atoms with Gasteiger partial charge in [-0.2, -0.15) is 0 Å². The van der Waals surface area contributed by atoms with E-state index in [1.165, 1.54) is 6.42 Å². The second kappa shape index (κ2) is 8.74. The highest BCUT2D eigenvalue weighted by molar-refractivity contribution is 5.97. The molecule has 5 heteroatoms. The molecule has 1 aliphatic rings. The lowest BCUT2D eigenvalue weighted by molar-refractivity contribution is 0.0959. The van der Waals surface area contributed by atoms with Gasteiger partial charge in [0.05, 0.1) is 17.4 Å². The zero-order valence-corrected chi connectivity index (χ0v) is 16.3. The number of amides is 1. The number of carbonyl (C=O) groups is 1. The number of aryl methyl sites for hydroxylation is 1. The molecule has 1 amide bonds. The van der Waals surface area contributed by atoms with Gasteiger partial charge in [-0.15, -0.1) is 0 Å². The van der Waals surface area contributed by atoms with Crippen LogP contribution in [0.3, 0.4) is 0 Å². The molecule has 0 atom stereocenters. The highest BCUT2D eigenvalue weighted by Crippen LogP contribution is 2.16. The predicted molar refractivity (Wildman–Crippen MR) is 114 cm³/mol. The van der Waals surface area contributed by atoms with Crippen molar-refractivity contribution in [2.75, 3.05) is 6.54 Å². The van der Waals surface area contributed by atoms with Crippen LogP contribution in [0.5, 0.6) is 0 Å². The molecule has 0 bridgehead atoms. The average Bonchev–Trinajstić information content (AvgIpc) is 2.73. The van der Waals surface area contributed by atoms with Gasteiger partial charge in [-0.05, 0) is 43.2 Å².